The van der Waals surface area contributed by atoms with Crippen molar-refractivity contribution < 1.29 is 5.11 Å². The molecule has 0 saturated carbocycles. The fourth-order valence-electron chi connectivity index (χ4n) is 3.69. The first-order valence-corrected chi connectivity index (χ1v) is 11.5. The van der Waals surface area contributed by atoms with Gasteiger partial charge in [0.1, 0.15) is 0 Å². The highest BCUT2D eigenvalue weighted by Gasteiger charge is 2.16. The number of hydrogen-bond donors (Lipinski definition) is 5. The van der Waals surface area contributed by atoms with Crippen molar-refractivity contribution in [3.63, 3.8) is 0 Å². The number of fused-ring (bicyclic) bond motifs is 1. The molecule has 10 heteroatoms. The molecule has 0 bridgehead atoms. The van der Waals surface area contributed by atoms with Crippen LogP contribution in [0.15, 0.2) is 78.6 Å². The Hall–Kier alpha value is -2.94. The number of benzene rings is 3. The lowest BCUT2D eigenvalue weighted by atomic mass is 10.1. The second-order valence-electron chi connectivity index (χ2n) is 7.67. The molecule has 3 aromatic carbocycles. The maximum absolute atomic E-state index is 10.9. The highest BCUT2D eigenvalue weighted by molar-refractivity contribution is 6.42. The van der Waals surface area contributed by atoms with E-state index in [0.29, 0.717) is 32.9 Å². The summed E-state index contributed by atoms with van der Waals surface area (Å²) < 4.78 is 3.56. The summed E-state index contributed by atoms with van der Waals surface area (Å²) in [7, 11) is 0. The molecule has 0 amide bonds. The third-order valence-corrected chi connectivity index (χ3v) is 6.38. The highest BCUT2D eigenvalue weighted by atomic mass is 35.5. The molecular formula is C24H23Cl3N6O. The molecule has 6 N–H and O–H groups in total. The molecule has 0 saturated heterocycles. The fourth-order valence-corrected chi connectivity index (χ4v) is 4.19. The van der Waals surface area contributed by atoms with E-state index in [4.69, 9.17) is 46.1 Å². The van der Waals surface area contributed by atoms with Crippen LogP contribution in [0.3, 0.4) is 0 Å². The van der Waals surface area contributed by atoms with Crippen LogP contribution >= 0.6 is 34.8 Å². The minimum absolute atomic E-state index is 0.167. The zero-order valence-electron chi connectivity index (χ0n) is 18.0. The number of anilines is 1. The molecule has 1 aromatic heterocycles. The fraction of sp³-hybridized carbons (Fsp3) is 0.125. The number of para-hydroxylation sites is 2. The standard InChI is InChI=1S/C24H23Cl3N6O/c25-16-4-3-5-17(11-16)30-12-18(31-29)13-32-21-6-1-2-7-22(21)33(24(32)28)14-23(34)15-8-9-19(26)20(27)10-15/h1-12,23,28,30-31,34H,13-14,29H2/b18-12-,28-24?. The van der Waals surface area contributed by atoms with Crippen LogP contribution in [0, 0.1) is 5.41 Å². The van der Waals surface area contributed by atoms with E-state index in [2.05, 4.69) is 10.7 Å². The van der Waals surface area contributed by atoms with Crippen molar-refractivity contribution in [1.82, 2.24) is 14.6 Å². The number of aromatic nitrogens is 2. The molecule has 0 radical (unpaired) electrons. The topological polar surface area (TPSA) is 104 Å². The molecule has 34 heavy (non-hydrogen) atoms. The van der Waals surface area contributed by atoms with E-state index in [1.54, 1.807) is 41.1 Å². The summed E-state index contributed by atoms with van der Waals surface area (Å²) in [5.74, 6) is 5.77. The first kappa shape index (κ1) is 24.2. The molecule has 1 atom stereocenters. The number of nitrogens with two attached hydrogens (primary N) is 1. The van der Waals surface area contributed by atoms with E-state index < -0.39 is 6.10 Å². The second-order valence-corrected chi connectivity index (χ2v) is 8.92. The first-order valence-electron chi connectivity index (χ1n) is 10.4. The van der Waals surface area contributed by atoms with Gasteiger partial charge in [-0.2, -0.15) is 0 Å². The van der Waals surface area contributed by atoms with E-state index >= 15 is 0 Å². The molecule has 0 aliphatic heterocycles. The van der Waals surface area contributed by atoms with Crippen LogP contribution in [0.1, 0.15) is 11.7 Å². The van der Waals surface area contributed by atoms with Crippen molar-refractivity contribution in [2.75, 3.05) is 5.32 Å². The van der Waals surface area contributed by atoms with Crippen molar-refractivity contribution in [3.05, 3.63) is 105 Å². The van der Waals surface area contributed by atoms with E-state index in [0.717, 1.165) is 16.7 Å². The number of hydrogen-bond acceptors (Lipinski definition) is 5. The largest absolute Gasteiger partial charge is 0.387 e. The minimum atomic E-state index is -0.879. The SMILES string of the molecule is N=c1n(C/C(=C/Nc2cccc(Cl)c2)NN)c2ccccc2n1CC(O)c1ccc(Cl)c(Cl)c1. The van der Waals surface area contributed by atoms with Crippen molar-refractivity contribution in [1.29, 1.82) is 5.41 Å². The number of nitrogens with zero attached hydrogens (tertiary/aromatic N) is 2. The van der Waals surface area contributed by atoms with Crippen LogP contribution in [0.2, 0.25) is 15.1 Å². The Morgan fingerprint density at radius 1 is 0.971 bits per heavy atom. The van der Waals surface area contributed by atoms with Gasteiger partial charge in [-0.15, -0.1) is 0 Å². The van der Waals surface area contributed by atoms with Gasteiger partial charge in [-0.1, -0.05) is 59.1 Å². The van der Waals surface area contributed by atoms with Crippen molar-refractivity contribution in [2.45, 2.75) is 19.2 Å². The van der Waals surface area contributed by atoms with E-state index in [1.807, 2.05) is 41.0 Å². The molecule has 0 spiro atoms. The van der Waals surface area contributed by atoms with Crippen molar-refractivity contribution in [2.24, 2.45) is 5.84 Å². The summed E-state index contributed by atoms with van der Waals surface area (Å²) in [5.41, 5.74) is 6.62. The number of halogens is 3. The number of imidazole rings is 1. The molecule has 4 rings (SSSR count). The Kier molecular flexibility index (Phi) is 7.50. The van der Waals surface area contributed by atoms with Gasteiger partial charge in [-0.3, -0.25) is 11.3 Å². The molecule has 7 nitrogen and oxygen atoms in total. The van der Waals surface area contributed by atoms with Gasteiger partial charge in [0.15, 0.2) is 0 Å². The van der Waals surface area contributed by atoms with Crippen LogP contribution in [0.5, 0.6) is 0 Å². The predicted molar refractivity (Wildman–Crippen MR) is 138 cm³/mol. The summed E-state index contributed by atoms with van der Waals surface area (Å²) in [6, 6.07) is 20.0. The summed E-state index contributed by atoms with van der Waals surface area (Å²) in [5, 5.41) is 24.3. The molecule has 1 heterocycles. The van der Waals surface area contributed by atoms with Gasteiger partial charge in [0.05, 0.1) is 46.0 Å². The molecular weight excluding hydrogens is 495 g/mol. The average molecular weight is 518 g/mol. The number of allylic oxidation sites excluding steroid dienone is 1. The smallest absolute Gasteiger partial charge is 0.203 e. The normalized spacial score (nSPS) is 12.7. The lowest BCUT2D eigenvalue weighted by Crippen LogP contribution is -2.31. The number of aliphatic hydroxyl groups excluding tert-OH is 1. The Bertz CT molecular complexity index is 1410. The van der Waals surface area contributed by atoms with Crippen molar-refractivity contribution >= 4 is 51.5 Å². The second kappa shape index (κ2) is 10.5. The quantitative estimate of drug-likeness (QED) is 0.167. The maximum Gasteiger partial charge on any atom is 0.203 e. The van der Waals surface area contributed by atoms with Crippen LogP contribution in [-0.4, -0.2) is 14.2 Å². The summed E-state index contributed by atoms with van der Waals surface area (Å²) in [6.07, 6.45) is 0.852. The maximum atomic E-state index is 10.9. The van der Waals surface area contributed by atoms with Gasteiger partial charge >= 0.3 is 0 Å². The lowest BCUT2D eigenvalue weighted by molar-refractivity contribution is 0.155. The van der Waals surface area contributed by atoms with Gasteiger partial charge in [-0.05, 0) is 48.0 Å². The van der Waals surface area contributed by atoms with Crippen LogP contribution < -0.4 is 22.2 Å². The van der Waals surface area contributed by atoms with E-state index in [1.165, 1.54) is 0 Å². The Morgan fingerprint density at radius 3 is 2.38 bits per heavy atom. The molecule has 0 fully saturated rings. The van der Waals surface area contributed by atoms with Gasteiger partial charge in [0.2, 0.25) is 5.62 Å². The summed E-state index contributed by atoms with van der Waals surface area (Å²) in [6.45, 7) is 0.472. The predicted octanol–water partition coefficient (Wildman–Crippen LogP) is 5.03. The molecule has 4 aromatic rings. The third-order valence-electron chi connectivity index (χ3n) is 5.41. The zero-order chi connectivity index (χ0) is 24.2. The zero-order valence-corrected chi connectivity index (χ0v) is 20.2. The van der Waals surface area contributed by atoms with Crippen LogP contribution in [-0.2, 0) is 13.1 Å². The van der Waals surface area contributed by atoms with E-state index in [9.17, 15) is 5.11 Å². The highest BCUT2D eigenvalue weighted by Crippen LogP contribution is 2.27. The number of aliphatic hydroxyl groups is 1. The van der Waals surface area contributed by atoms with Crippen LogP contribution in [0.25, 0.3) is 11.0 Å². The van der Waals surface area contributed by atoms with E-state index in [-0.39, 0.29) is 12.2 Å². The Labute approximate surface area is 211 Å². The molecule has 0 aliphatic rings. The van der Waals surface area contributed by atoms with Gasteiger partial charge < -0.3 is 25.0 Å². The van der Waals surface area contributed by atoms with Crippen molar-refractivity contribution in [3.8, 4) is 0 Å². The summed E-state index contributed by atoms with van der Waals surface area (Å²) in [4.78, 5) is 0. The average Bonchev–Trinajstić information content (AvgIpc) is 3.09. The summed E-state index contributed by atoms with van der Waals surface area (Å²) >= 11 is 18.2. The number of nitrogens with one attached hydrogen (secondary N) is 3. The Morgan fingerprint density at radius 2 is 1.71 bits per heavy atom. The minimum Gasteiger partial charge on any atom is -0.387 e. The molecule has 176 valence electrons. The number of rotatable bonds is 8. The third kappa shape index (κ3) is 5.24. The monoisotopic (exact) mass is 516 g/mol. The lowest BCUT2D eigenvalue weighted by Gasteiger charge is -2.14. The molecule has 1 unspecified atom stereocenters. The van der Waals surface area contributed by atoms with Gasteiger partial charge in [0, 0.05) is 16.9 Å². The number of hydrazine groups is 1. The van der Waals surface area contributed by atoms with Gasteiger partial charge in [0.25, 0.3) is 0 Å². The Balaban J connectivity index is 1.64. The first-order chi connectivity index (χ1) is 16.4. The van der Waals surface area contributed by atoms with Crippen LogP contribution in [0.4, 0.5) is 5.69 Å². The van der Waals surface area contributed by atoms with Gasteiger partial charge in [-0.25, -0.2) is 0 Å². The molecule has 0 aliphatic carbocycles.